The van der Waals surface area contributed by atoms with Crippen LogP contribution in [-0.2, 0) is 6.54 Å². The molecule has 0 aliphatic carbocycles. The molecule has 1 aromatic carbocycles. The molecule has 0 fully saturated rings. The number of aryl methyl sites for hydroxylation is 2. The predicted molar refractivity (Wildman–Crippen MR) is 91.1 cm³/mol. The van der Waals surface area contributed by atoms with Crippen LogP contribution in [0.3, 0.4) is 0 Å². The molecular formula is C18H18N4O2. The fraction of sp³-hybridized carbons (Fsp3) is 0.167. The van der Waals surface area contributed by atoms with Crippen LogP contribution in [0, 0.1) is 13.8 Å². The van der Waals surface area contributed by atoms with Crippen molar-refractivity contribution in [3.63, 3.8) is 0 Å². The van der Waals surface area contributed by atoms with Crippen molar-refractivity contribution in [2.75, 3.05) is 5.32 Å². The second-order valence-electron chi connectivity index (χ2n) is 5.50. The van der Waals surface area contributed by atoms with Crippen molar-refractivity contribution in [1.29, 1.82) is 0 Å². The van der Waals surface area contributed by atoms with Crippen molar-refractivity contribution in [1.82, 2.24) is 15.3 Å². The number of carbonyl (C=O) groups excluding carboxylic acids is 1. The Hall–Kier alpha value is -3.15. The molecule has 0 unspecified atom stereocenters. The zero-order chi connectivity index (χ0) is 16.9. The monoisotopic (exact) mass is 322 g/mol. The molecular weight excluding hydrogens is 304 g/mol. The van der Waals surface area contributed by atoms with Crippen LogP contribution in [0.15, 0.2) is 53.4 Å². The molecule has 6 heteroatoms. The number of carbonyl (C=O) groups is 1. The first kappa shape index (κ1) is 15.7. The lowest BCUT2D eigenvalue weighted by Crippen LogP contribution is -2.23. The average Bonchev–Trinajstić information content (AvgIpc) is 3.09. The Balaban J connectivity index is 1.63. The maximum absolute atomic E-state index is 12.0. The van der Waals surface area contributed by atoms with Gasteiger partial charge in [-0.1, -0.05) is 17.7 Å². The molecule has 2 aromatic heterocycles. The zero-order valence-corrected chi connectivity index (χ0v) is 13.5. The second kappa shape index (κ2) is 6.95. The molecule has 24 heavy (non-hydrogen) atoms. The molecule has 0 aliphatic heterocycles. The van der Waals surface area contributed by atoms with Gasteiger partial charge in [-0.05, 0) is 37.6 Å². The van der Waals surface area contributed by atoms with Crippen molar-refractivity contribution in [2.24, 2.45) is 0 Å². The molecule has 6 nitrogen and oxygen atoms in total. The van der Waals surface area contributed by atoms with Crippen molar-refractivity contribution < 1.29 is 9.21 Å². The maximum Gasteiger partial charge on any atom is 0.254 e. The second-order valence-corrected chi connectivity index (χ2v) is 5.50. The Morgan fingerprint density at radius 3 is 2.62 bits per heavy atom. The molecule has 1 amide bonds. The minimum absolute atomic E-state index is 0.246. The van der Waals surface area contributed by atoms with Gasteiger partial charge in [0, 0.05) is 18.1 Å². The molecule has 2 N–H and O–H groups in total. The third kappa shape index (κ3) is 3.78. The standard InChI is InChI=1S/C18H18N4O2/c1-12-5-6-16(13(2)8-12)22-18-20-9-14(10-21-18)17(23)19-11-15-4-3-7-24-15/h3-10H,11H2,1-2H3,(H,19,23)(H,20,21,22). The molecule has 0 saturated carbocycles. The number of nitrogens with zero attached hydrogens (tertiary/aromatic N) is 2. The molecule has 3 aromatic rings. The van der Waals surface area contributed by atoms with E-state index in [2.05, 4.69) is 26.7 Å². The first-order valence-electron chi connectivity index (χ1n) is 7.59. The van der Waals surface area contributed by atoms with Crippen LogP contribution in [0.4, 0.5) is 11.6 Å². The van der Waals surface area contributed by atoms with E-state index in [9.17, 15) is 4.79 Å². The van der Waals surface area contributed by atoms with Gasteiger partial charge in [0.1, 0.15) is 5.76 Å². The molecule has 0 bridgehead atoms. The number of furan rings is 1. The van der Waals surface area contributed by atoms with Crippen LogP contribution in [0.2, 0.25) is 0 Å². The first-order valence-corrected chi connectivity index (χ1v) is 7.59. The highest BCUT2D eigenvalue weighted by atomic mass is 16.3. The first-order chi connectivity index (χ1) is 11.6. The van der Waals surface area contributed by atoms with Crippen LogP contribution in [0.1, 0.15) is 27.2 Å². The number of hydrogen-bond acceptors (Lipinski definition) is 5. The van der Waals surface area contributed by atoms with Gasteiger partial charge in [0.25, 0.3) is 5.91 Å². The normalized spacial score (nSPS) is 10.4. The maximum atomic E-state index is 12.0. The Morgan fingerprint density at radius 1 is 1.17 bits per heavy atom. The molecule has 0 radical (unpaired) electrons. The van der Waals surface area contributed by atoms with Gasteiger partial charge in [-0.25, -0.2) is 9.97 Å². The highest BCUT2D eigenvalue weighted by molar-refractivity contribution is 5.93. The summed E-state index contributed by atoms with van der Waals surface area (Å²) in [5.74, 6) is 0.895. The van der Waals surface area contributed by atoms with Crippen molar-refractivity contribution in [3.8, 4) is 0 Å². The van der Waals surface area contributed by atoms with E-state index >= 15 is 0 Å². The number of benzene rings is 1. The summed E-state index contributed by atoms with van der Waals surface area (Å²) >= 11 is 0. The average molecular weight is 322 g/mol. The van der Waals surface area contributed by atoms with E-state index in [-0.39, 0.29) is 5.91 Å². The highest BCUT2D eigenvalue weighted by Crippen LogP contribution is 2.19. The van der Waals surface area contributed by atoms with Crippen LogP contribution >= 0.6 is 0 Å². The van der Waals surface area contributed by atoms with Crippen LogP contribution in [0.25, 0.3) is 0 Å². The molecule has 0 saturated heterocycles. The van der Waals surface area contributed by atoms with E-state index in [1.54, 1.807) is 18.4 Å². The van der Waals surface area contributed by atoms with Gasteiger partial charge in [0.2, 0.25) is 5.95 Å². The topological polar surface area (TPSA) is 80.0 Å². The SMILES string of the molecule is Cc1ccc(Nc2ncc(C(=O)NCc3ccco3)cn2)c(C)c1. The lowest BCUT2D eigenvalue weighted by molar-refractivity contribution is 0.0947. The lowest BCUT2D eigenvalue weighted by Gasteiger charge is -2.09. The molecule has 0 spiro atoms. The predicted octanol–water partition coefficient (Wildman–Crippen LogP) is 3.36. The van der Waals surface area contributed by atoms with Crippen LogP contribution in [-0.4, -0.2) is 15.9 Å². The minimum Gasteiger partial charge on any atom is -0.467 e. The van der Waals surface area contributed by atoms with E-state index in [1.807, 2.05) is 26.0 Å². The van der Waals surface area contributed by atoms with Gasteiger partial charge in [-0.2, -0.15) is 0 Å². The summed E-state index contributed by atoms with van der Waals surface area (Å²) in [4.78, 5) is 20.4. The number of nitrogens with one attached hydrogen (secondary N) is 2. The minimum atomic E-state index is -0.246. The fourth-order valence-electron chi connectivity index (χ4n) is 2.27. The Labute approximate surface area is 140 Å². The Morgan fingerprint density at radius 2 is 1.96 bits per heavy atom. The van der Waals surface area contributed by atoms with Gasteiger partial charge >= 0.3 is 0 Å². The van der Waals surface area contributed by atoms with Crippen molar-refractivity contribution >= 4 is 17.5 Å². The number of anilines is 2. The smallest absolute Gasteiger partial charge is 0.254 e. The summed E-state index contributed by atoms with van der Waals surface area (Å²) < 4.78 is 5.17. The van der Waals surface area contributed by atoms with Gasteiger partial charge < -0.3 is 15.1 Å². The number of rotatable bonds is 5. The third-order valence-electron chi connectivity index (χ3n) is 3.55. The fourth-order valence-corrected chi connectivity index (χ4v) is 2.27. The van der Waals surface area contributed by atoms with E-state index in [0.29, 0.717) is 23.8 Å². The molecule has 0 atom stereocenters. The summed E-state index contributed by atoms with van der Waals surface area (Å²) in [6.07, 6.45) is 4.56. The van der Waals surface area contributed by atoms with E-state index < -0.39 is 0 Å². The summed E-state index contributed by atoms with van der Waals surface area (Å²) in [6, 6.07) is 9.66. The van der Waals surface area contributed by atoms with Gasteiger partial charge in [0.05, 0.1) is 18.4 Å². The quantitative estimate of drug-likeness (QED) is 0.753. The summed E-state index contributed by atoms with van der Waals surface area (Å²) in [6.45, 7) is 4.39. The van der Waals surface area contributed by atoms with Gasteiger partial charge in [-0.15, -0.1) is 0 Å². The largest absolute Gasteiger partial charge is 0.467 e. The van der Waals surface area contributed by atoms with Crippen LogP contribution < -0.4 is 10.6 Å². The Bertz CT molecular complexity index is 827. The third-order valence-corrected chi connectivity index (χ3v) is 3.55. The zero-order valence-electron chi connectivity index (χ0n) is 13.5. The summed E-state index contributed by atoms with van der Waals surface area (Å²) in [5.41, 5.74) is 3.64. The number of hydrogen-bond donors (Lipinski definition) is 2. The van der Waals surface area contributed by atoms with Gasteiger partial charge in [-0.3, -0.25) is 4.79 Å². The van der Waals surface area contributed by atoms with Crippen molar-refractivity contribution in [3.05, 3.63) is 71.4 Å². The summed E-state index contributed by atoms with van der Waals surface area (Å²) in [5, 5.41) is 5.90. The van der Waals surface area contributed by atoms with E-state index in [0.717, 1.165) is 11.3 Å². The summed E-state index contributed by atoms with van der Waals surface area (Å²) in [7, 11) is 0. The lowest BCUT2D eigenvalue weighted by atomic mass is 10.1. The van der Waals surface area contributed by atoms with E-state index in [4.69, 9.17) is 4.42 Å². The molecule has 3 rings (SSSR count). The Kier molecular flexibility index (Phi) is 4.56. The van der Waals surface area contributed by atoms with E-state index in [1.165, 1.54) is 18.0 Å². The molecule has 0 aliphatic rings. The number of amides is 1. The molecule has 2 heterocycles. The highest BCUT2D eigenvalue weighted by Gasteiger charge is 2.08. The number of aromatic nitrogens is 2. The van der Waals surface area contributed by atoms with Crippen LogP contribution in [0.5, 0.6) is 0 Å². The molecule has 122 valence electrons. The van der Waals surface area contributed by atoms with Gasteiger partial charge in [0.15, 0.2) is 0 Å². The van der Waals surface area contributed by atoms with Crippen molar-refractivity contribution in [2.45, 2.75) is 20.4 Å².